The first-order valence-corrected chi connectivity index (χ1v) is 8.17. The zero-order valence-electron chi connectivity index (χ0n) is 13.4. The summed E-state index contributed by atoms with van der Waals surface area (Å²) in [6.07, 6.45) is 9.80. The Morgan fingerprint density at radius 3 is 1.68 bits per heavy atom. The van der Waals surface area contributed by atoms with E-state index >= 15 is 0 Å². The molecule has 0 bridgehead atoms. The predicted octanol–water partition coefficient (Wildman–Crippen LogP) is 5.68. The lowest BCUT2D eigenvalue weighted by Crippen LogP contribution is -2.07. The van der Waals surface area contributed by atoms with Gasteiger partial charge in [-0.3, -0.25) is 0 Å². The van der Waals surface area contributed by atoms with Crippen LogP contribution >= 0.6 is 0 Å². The van der Waals surface area contributed by atoms with Crippen LogP contribution in [0.5, 0.6) is 0 Å². The van der Waals surface area contributed by atoms with Crippen molar-refractivity contribution in [3.8, 4) is 0 Å². The van der Waals surface area contributed by atoms with Gasteiger partial charge >= 0.3 is 0 Å². The fraction of sp³-hybridized carbons (Fsp3) is 0.632. The van der Waals surface area contributed by atoms with Crippen LogP contribution in [0, 0.1) is 6.92 Å². The Hall–Kier alpha value is -0.780. The molecule has 0 aliphatic rings. The Kier molecular flexibility index (Phi) is 7.20. The molecule has 0 saturated heterocycles. The maximum absolute atomic E-state index is 4.33. The molecule has 1 radical (unpaired) electrons. The molecule has 0 aliphatic heterocycles. The summed E-state index contributed by atoms with van der Waals surface area (Å²) in [5.74, 6) is 0. The van der Waals surface area contributed by atoms with Crippen LogP contribution in [0.1, 0.15) is 81.2 Å². The fourth-order valence-electron chi connectivity index (χ4n) is 3.12. The summed E-state index contributed by atoms with van der Waals surface area (Å²) in [4.78, 5) is 0. The summed E-state index contributed by atoms with van der Waals surface area (Å²) < 4.78 is 0. The maximum Gasteiger partial charge on any atom is -0.0235 e. The van der Waals surface area contributed by atoms with E-state index in [1.54, 1.807) is 22.3 Å². The van der Waals surface area contributed by atoms with Crippen molar-refractivity contribution >= 4 is 0 Å². The van der Waals surface area contributed by atoms with Crippen molar-refractivity contribution in [2.75, 3.05) is 0 Å². The Morgan fingerprint density at radius 2 is 1.16 bits per heavy atom. The van der Waals surface area contributed by atoms with Crippen LogP contribution in [0.25, 0.3) is 0 Å². The van der Waals surface area contributed by atoms with Gasteiger partial charge in [0.2, 0.25) is 0 Å². The molecule has 0 atom stereocenters. The number of rotatable bonds is 8. The Labute approximate surface area is 120 Å². The van der Waals surface area contributed by atoms with Gasteiger partial charge in [0, 0.05) is 0 Å². The molecule has 0 nitrogen and oxygen atoms in total. The van der Waals surface area contributed by atoms with Gasteiger partial charge in [-0.1, -0.05) is 59.4 Å². The number of hydrogen-bond acceptors (Lipinski definition) is 0. The van der Waals surface area contributed by atoms with Crippen LogP contribution in [0.4, 0.5) is 0 Å². The predicted molar refractivity (Wildman–Crippen MR) is 86.9 cm³/mol. The smallest absolute Gasteiger partial charge is 0.0235 e. The molecule has 107 valence electrons. The molecule has 0 aliphatic carbocycles. The highest BCUT2D eigenvalue weighted by atomic mass is 14.2. The standard InChI is InChI=1S/C19H31/c1-6-10-16-14-15(5)17(11-7-2)19(13-9-4)18(16)12-8-3/h14H,5-13H2,1-4H3. The fourth-order valence-corrected chi connectivity index (χ4v) is 3.12. The van der Waals surface area contributed by atoms with Crippen molar-refractivity contribution in [1.29, 1.82) is 0 Å². The van der Waals surface area contributed by atoms with Crippen LogP contribution in [0.15, 0.2) is 6.07 Å². The average molecular weight is 259 g/mol. The minimum Gasteiger partial charge on any atom is -0.0651 e. The number of aryl methyl sites for hydroxylation is 1. The highest BCUT2D eigenvalue weighted by Crippen LogP contribution is 2.28. The molecule has 1 aromatic carbocycles. The number of benzene rings is 1. The third kappa shape index (κ3) is 4.09. The molecule has 0 spiro atoms. The first-order valence-electron chi connectivity index (χ1n) is 8.17. The van der Waals surface area contributed by atoms with Gasteiger partial charge in [-0.25, -0.2) is 0 Å². The molecular weight excluding hydrogens is 228 g/mol. The topological polar surface area (TPSA) is 0 Å². The van der Waals surface area contributed by atoms with Crippen LogP contribution < -0.4 is 0 Å². The second kappa shape index (κ2) is 8.40. The van der Waals surface area contributed by atoms with Crippen molar-refractivity contribution in [1.82, 2.24) is 0 Å². The quantitative estimate of drug-likeness (QED) is 0.563. The molecule has 19 heavy (non-hydrogen) atoms. The van der Waals surface area contributed by atoms with Crippen LogP contribution in [-0.4, -0.2) is 0 Å². The minimum absolute atomic E-state index is 1.19. The van der Waals surface area contributed by atoms with Crippen LogP contribution in [-0.2, 0) is 25.7 Å². The normalized spacial score (nSPS) is 11.0. The Balaban J connectivity index is 3.35. The van der Waals surface area contributed by atoms with Gasteiger partial charge in [0.05, 0.1) is 0 Å². The van der Waals surface area contributed by atoms with E-state index < -0.39 is 0 Å². The molecule has 0 heteroatoms. The third-order valence-electron chi connectivity index (χ3n) is 3.87. The molecule has 0 amide bonds. The van der Waals surface area contributed by atoms with E-state index in [-0.39, 0.29) is 0 Å². The van der Waals surface area contributed by atoms with Crippen molar-refractivity contribution in [3.63, 3.8) is 0 Å². The number of hydrogen-bond donors (Lipinski definition) is 0. The highest BCUT2D eigenvalue weighted by molar-refractivity contribution is 5.48. The Morgan fingerprint density at radius 1 is 0.684 bits per heavy atom. The van der Waals surface area contributed by atoms with Crippen LogP contribution in [0.3, 0.4) is 0 Å². The molecule has 0 N–H and O–H groups in total. The lowest BCUT2D eigenvalue weighted by Gasteiger charge is -2.21. The maximum atomic E-state index is 4.33. The van der Waals surface area contributed by atoms with E-state index in [2.05, 4.69) is 40.7 Å². The Bertz CT molecular complexity index is 388. The zero-order valence-corrected chi connectivity index (χ0v) is 13.4. The van der Waals surface area contributed by atoms with E-state index in [4.69, 9.17) is 0 Å². The van der Waals surface area contributed by atoms with Crippen LogP contribution in [0.2, 0.25) is 0 Å². The zero-order chi connectivity index (χ0) is 14.3. The summed E-state index contributed by atoms with van der Waals surface area (Å²) >= 11 is 0. The monoisotopic (exact) mass is 259 g/mol. The van der Waals surface area contributed by atoms with Gasteiger partial charge < -0.3 is 0 Å². The third-order valence-corrected chi connectivity index (χ3v) is 3.87. The molecule has 0 saturated carbocycles. The van der Waals surface area contributed by atoms with Gasteiger partial charge in [0.1, 0.15) is 0 Å². The van der Waals surface area contributed by atoms with Gasteiger partial charge in [-0.05, 0) is 60.4 Å². The molecule has 0 unspecified atom stereocenters. The minimum atomic E-state index is 1.19. The van der Waals surface area contributed by atoms with Gasteiger partial charge in [-0.15, -0.1) is 0 Å². The summed E-state index contributed by atoms with van der Waals surface area (Å²) in [5.41, 5.74) is 7.70. The largest absolute Gasteiger partial charge is 0.0651 e. The van der Waals surface area contributed by atoms with Crippen molar-refractivity contribution in [2.24, 2.45) is 0 Å². The van der Waals surface area contributed by atoms with Crippen molar-refractivity contribution < 1.29 is 0 Å². The molecule has 0 heterocycles. The molecule has 1 rings (SSSR count). The SMILES string of the molecule is [CH2]c1cc(CCC)c(CCC)c(CCC)c1CCC. The average Bonchev–Trinajstić information content (AvgIpc) is 2.38. The van der Waals surface area contributed by atoms with E-state index in [9.17, 15) is 0 Å². The molecule has 0 fully saturated rings. The molecule has 0 aromatic heterocycles. The van der Waals surface area contributed by atoms with Crippen molar-refractivity contribution in [3.05, 3.63) is 40.8 Å². The highest BCUT2D eigenvalue weighted by Gasteiger charge is 2.14. The lowest BCUT2D eigenvalue weighted by atomic mass is 9.84. The first kappa shape index (κ1) is 16.3. The first-order chi connectivity index (χ1) is 9.19. The molecule has 1 aromatic rings. The van der Waals surface area contributed by atoms with Gasteiger partial charge in [0.25, 0.3) is 0 Å². The summed E-state index contributed by atoms with van der Waals surface area (Å²) in [5, 5.41) is 0. The van der Waals surface area contributed by atoms with E-state index in [0.717, 1.165) is 0 Å². The van der Waals surface area contributed by atoms with E-state index in [0.29, 0.717) is 0 Å². The van der Waals surface area contributed by atoms with Gasteiger partial charge in [-0.2, -0.15) is 0 Å². The summed E-state index contributed by atoms with van der Waals surface area (Å²) in [6, 6.07) is 2.37. The van der Waals surface area contributed by atoms with E-state index in [1.165, 1.54) is 56.9 Å². The van der Waals surface area contributed by atoms with Gasteiger partial charge in [0.15, 0.2) is 0 Å². The van der Waals surface area contributed by atoms with Crippen molar-refractivity contribution in [2.45, 2.75) is 79.1 Å². The lowest BCUT2D eigenvalue weighted by molar-refractivity contribution is 0.799. The second-order valence-electron chi connectivity index (χ2n) is 5.63. The van der Waals surface area contributed by atoms with E-state index in [1.807, 2.05) is 0 Å². The summed E-state index contributed by atoms with van der Waals surface area (Å²) in [6.45, 7) is 13.5. The summed E-state index contributed by atoms with van der Waals surface area (Å²) in [7, 11) is 0. The molecular formula is C19H31. The second-order valence-corrected chi connectivity index (χ2v) is 5.63.